The van der Waals surface area contributed by atoms with Crippen LogP contribution < -0.4 is 19.8 Å². The van der Waals surface area contributed by atoms with Gasteiger partial charge in [-0.15, -0.1) is 0 Å². The summed E-state index contributed by atoms with van der Waals surface area (Å²) in [6.07, 6.45) is 1.66. The van der Waals surface area contributed by atoms with Crippen LogP contribution in [0, 0.1) is 0 Å². The molecule has 158 valence electrons. The number of nitrogens with zero attached hydrogens (tertiary/aromatic N) is 3. The molecule has 0 spiro atoms. The van der Waals surface area contributed by atoms with Gasteiger partial charge in [-0.25, -0.2) is 4.99 Å². The number of Topliss-reactive ketones (excluding diaryl/α,β-unsaturated/α-hetero) is 1. The number of hydrogen-bond donors (Lipinski definition) is 1. The van der Waals surface area contributed by atoms with Crippen molar-refractivity contribution in [3.05, 3.63) is 90.6 Å². The molecule has 1 aliphatic rings. The summed E-state index contributed by atoms with van der Waals surface area (Å²) in [6.45, 7) is 3.31. The molecule has 1 N–H and O–H groups in total. The lowest BCUT2D eigenvalue weighted by molar-refractivity contribution is -0.114. The van der Waals surface area contributed by atoms with Gasteiger partial charge in [-0.2, -0.15) is 0 Å². The summed E-state index contributed by atoms with van der Waals surface area (Å²) in [4.78, 5) is 33.1. The van der Waals surface area contributed by atoms with Crippen molar-refractivity contribution < 1.29 is 9.90 Å². The standard InChI is InChI=1S/C24H23N3O3S/c1-14-21(15(2)28)22(16-9-11-18(12-10-16)26(3)4)27-23(30)20(31-24(27)25-14)13-17-7-5-6-8-19(17)29/h5-13,22,29H,1-4H3. The summed E-state index contributed by atoms with van der Waals surface area (Å²) in [7, 11) is 3.92. The van der Waals surface area contributed by atoms with Crippen LogP contribution in [0.4, 0.5) is 5.69 Å². The molecule has 1 aromatic heterocycles. The van der Waals surface area contributed by atoms with Gasteiger partial charge in [0.05, 0.1) is 10.6 Å². The van der Waals surface area contributed by atoms with Crippen molar-refractivity contribution in [1.29, 1.82) is 0 Å². The zero-order chi connectivity index (χ0) is 22.3. The normalized spacial score (nSPS) is 16.1. The number of aromatic nitrogens is 1. The predicted octanol–water partition coefficient (Wildman–Crippen LogP) is 2.60. The average Bonchev–Trinajstić information content (AvgIpc) is 3.03. The van der Waals surface area contributed by atoms with Gasteiger partial charge in [-0.05, 0) is 43.7 Å². The van der Waals surface area contributed by atoms with Crippen molar-refractivity contribution in [2.45, 2.75) is 19.9 Å². The summed E-state index contributed by atoms with van der Waals surface area (Å²) >= 11 is 1.25. The number of aromatic hydroxyl groups is 1. The highest BCUT2D eigenvalue weighted by Gasteiger charge is 2.30. The number of phenols is 1. The Morgan fingerprint density at radius 3 is 2.45 bits per heavy atom. The molecule has 6 nitrogen and oxygen atoms in total. The fourth-order valence-electron chi connectivity index (χ4n) is 3.79. The number of para-hydroxylation sites is 1. The Hall–Kier alpha value is -3.45. The Bertz CT molecular complexity index is 1380. The van der Waals surface area contributed by atoms with Gasteiger partial charge in [0.1, 0.15) is 5.75 Å². The number of ketones is 1. The predicted molar refractivity (Wildman–Crippen MR) is 123 cm³/mol. The zero-order valence-corrected chi connectivity index (χ0v) is 18.6. The van der Waals surface area contributed by atoms with E-state index < -0.39 is 6.04 Å². The van der Waals surface area contributed by atoms with E-state index in [0.717, 1.165) is 11.3 Å². The summed E-state index contributed by atoms with van der Waals surface area (Å²) in [5.74, 6) is -0.0114. The van der Waals surface area contributed by atoms with E-state index in [2.05, 4.69) is 4.99 Å². The number of carbonyl (C=O) groups is 1. The molecule has 0 fully saturated rings. The van der Waals surface area contributed by atoms with Crippen molar-refractivity contribution in [2.24, 2.45) is 4.99 Å². The number of thiazole rings is 1. The number of benzene rings is 2. The Morgan fingerprint density at radius 1 is 1.16 bits per heavy atom. The Morgan fingerprint density at radius 2 is 1.84 bits per heavy atom. The van der Waals surface area contributed by atoms with Crippen LogP contribution in [0.2, 0.25) is 0 Å². The molecule has 31 heavy (non-hydrogen) atoms. The van der Waals surface area contributed by atoms with Crippen LogP contribution in [-0.4, -0.2) is 29.6 Å². The zero-order valence-electron chi connectivity index (χ0n) is 17.8. The second-order valence-electron chi connectivity index (χ2n) is 7.68. The molecule has 0 radical (unpaired) electrons. The highest BCUT2D eigenvalue weighted by atomic mass is 32.1. The van der Waals surface area contributed by atoms with Crippen molar-refractivity contribution in [1.82, 2.24) is 4.57 Å². The first kappa shape index (κ1) is 20.8. The third-order valence-electron chi connectivity index (χ3n) is 5.35. The van der Waals surface area contributed by atoms with E-state index in [4.69, 9.17) is 0 Å². The summed E-state index contributed by atoms with van der Waals surface area (Å²) in [5, 5.41) is 10.1. The van der Waals surface area contributed by atoms with Crippen molar-refractivity contribution in [2.75, 3.05) is 19.0 Å². The van der Waals surface area contributed by atoms with E-state index >= 15 is 0 Å². The first-order valence-corrected chi connectivity index (χ1v) is 10.7. The van der Waals surface area contributed by atoms with Gasteiger partial charge in [0.25, 0.3) is 5.56 Å². The smallest absolute Gasteiger partial charge is 0.271 e. The molecule has 0 saturated heterocycles. The molecule has 1 aliphatic heterocycles. The largest absolute Gasteiger partial charge is 0.507 e. The fourth-order valence-corrected chi connectivity index (χ4v) is 4.83. The molecule has 0 bridgehead atoms. The Labute approximate surface area is 183 Å². The maximum Gasteiger partial charge on any atom is 0.271 e. The van der Waals surface area contributed by atoms with E-state index in [1.807, 2.05) is 43.3 Å². The number of anilines is 1. The highest BCUT2D eigenvalue weighted by molar-refractivity contribution is 7.07. The molecule has 0 saturated carbocycles. The molecule has 2 heterocycles. The number of phenolic OH excluding ortho intramolecular Hbond substituents is 1. The van der Waals surface area contributed by atoms with Gasteiger partial charge in [-0.3, -0.25) is 14.2 Å². The van der Waals surface area contributed by atoms with E-state index in [-0.39, 0.29) is 17.1 Å². The molecule has 4 rings (SSSR count). The van der Waals surface area contributed by atoms with Gasteiger partial charge >= 0.3 is 0 Å². The molecule has 0 aliphatic carbocycles. The molecule has 0 amide bonds. The van der Waals surface area contributed by atoms with Crippen LogP contribution in [-0.2, 0) is 4.79 Å². The fraction of sp³-hybridized carbons (Fsp3) is 0.208. The van der Waals surface area contributed by atoms with Gasteiger partial charge < -0.3 is 10.0 Å². The number of fused-ring (bicyclic) bond motifs is 1. The highest BCUT2D eigenvalue weighted by Crippen LogP contribution is 2.31. The minimum atomic E-state index is -0.545. The van der Waals surface area contributed by atoms with Gasteiger partial charge in [0.2, 0.25) is 0 Å². The number of carbonyl (C=O) groups excluding carboxylic acids is 1. The molecule has 3 aromatic rings. The van der Waals surface area contributed by atoms with Gasteiger partial charge in [-0.1, -0.05) is 41.7 Å². The van der Waals surface area contributed by atoms with Crippen LogP contribution in [0.3, 0.4) is 0 Å². The molecule has 1 atom stereocenters. The summed E-state index contributed by atoms with van der Waals surface area (Å²) in [6, 6.07) is 14.2. The Kier molecular flexibility index (Phi) is 5.37. The number of rotatable bonds is 4. The first-order valence-electron chi connectivity index (χ1n) is 9.86. The van der Waals surface area contributed by atoms with E-state index in [9.17, 15) is 14.7 Å². The van der Waals surface area contributed by atoms with Gasteiger partial charge in [0, 0.05) is 36.6 Å². The van der Waals surface area contributed by atoms with E-state index in [1.165, 1.54) is 18.3 Å². The monoisotopic (exact) mass is 433 g/mol. The van der Waals surface area contributed by atoms with E-state index in [0.29, 0.717) is 26.2 Å². The lowest BCUT2D eigenvalue weighted by atomic mass is 9.93. The van der Waals surface area contributed by atoms with Crippen LogP contribution in [0.25, 0.3) is 6.08 Å². The molecule has 2 aromatic carbocycles. The lowest BCUT2D eigenvalue weighted by Crippen LogP contribution is -2.39. The Balaban J connectivity index is 1.96. The topological polar surface area (TPSA) is 74.9 Å². The second-order valence-corrected chi connectivity index (χ2v) is 8.69. The maximum absolute atomic E-state index is 13.4. The van der Waals surface area contributed by atoms with Crippen LogP contribution >= 0.6 is 11.3 Å². The summed E-state index contributed by atoms with van der Waals surface area (Å²) < 4.78 is 2.04. The minimum Gasteiger partial charge on any atom is -0.507 e. The quantitative estimate of drug-likeness (QED) is 0.686. The first-order chi connectivity index (χ1) is 14.8. The molecule has 1 unspecified atom stereocenters. The summed E-state index contributed by atoms with van der Waals surface area (Å²) in [5.41, 5.74) is 3.33. The molecule has 7 heteroatoms. The third-order valence-corrected chi connectivity index (χ3v) is 6.33. The molecular weight excluding hydrogens is 410 g/mol. The van der Waals surface area contributed by atoms with Crippen molar-refractivity contribution >= 4 is 28.9 Å². The molecular formula is C24H23N3O3S. The SMILES string of the molecule is CC(=O)C1=C(C)N=c2sc(=Cc3ccccc3O)c(=O)n2C1c1ccc(N(C)C)cc1. The van der Waals surface area contributed by atoms with Crippen LogP contribution in [0.1, 0.15) is 31.0 Å². The van der Waals surface area contributed by atoms with Crippen molar-refractivity contribution in [3.63, 3.8) is 0 Å². The number of hydrogen-bond acceptors (Lipinski definition) is 6. The average molecular weight is 434 g/mol. The van der Waals surface area contributed by atoms with Crippen molar-refractivity contribution in [3.8, 4) is 5.75 Å². The lowest BCUT2D eigenvalue weighted by Gasteiger charge is -2.25. The van der Waals surface area contributed by atoms with Gasteiger partial charge in [0.15, 0.2) is 10.6 Å². The van der Waals surface area contributed by atoms with E-state index in [1.54, 1.807) is 41.8 Å². The maximum atomic E-state index is 13.4. The second kappa shape index (κ2) is 8.00. The minimum absolute atomic E-state index is 0.102. The number of allylic oxidation sites excluding steroid dienone is 2. The van der Waals surface area contributed by atoms with Crippen LogP contribution in [0.15, 0.2) is 69.6 Å². The van der Waals surface area contributed by atoms with Crippen LogP contribution in [0.5, 0.6) is 5.75 Å². The third kappa shape index (κ3) is 3.72.